The molecule has 1 aromatic rings. The van der Waals surface area contributed by atoms with Gasteiger partial charge in [0, 0.05) is 23.8 Å². The maximum absolute atomic E-state index is 4.28. The van der Waals surface area contributed by atoms with Crippen LogP contribution in [0.3, 0.4) is 0 Å². The Labute approximate surface area is 111 Å². The minimum absolute atomic E-state index is 0.793. The van der Waals surface area contributed by atoms with Crippen molar-refractivity contribution in [1.82, 2.24) is 10.3 Å². The van der Waals surface area contributed by atoms with Crippen LogP contribution >= 0.6 is 15.9 Å². The van der Waals surface area contributed by atoms with Gasteiger partial charge in [-0.15, -0.1) is 0 Å². The number of pyridine rings is 1. The Hall–Kier alpha value is -0.610. The smallest absolute Gasteiger partial charge is 0.0564 e. The molecule has 92 valence electrons. The van der Waals surface area contributed by atoms with Crippen molar-refractivity contribution < 1.29 is 0 Å². The second kappa shape index (κ2) is 4.94. The number of nitrogens with one attached hydrogen (secondary N) is 1. The van der Waals surface area contributed by atoms with Crippen molar-refractivity contribution in [3.63, 3.8) is 0 Å². The summed E-state index contributed by atoms with van der Waals surface area (Å²) in [7, 11) is 0. The van der Waals surface area contributed by atoms with Crippen molar-refractivity contribution in [2.24, 2.45) is 11.8 Å². The number of halogens is 1. The molecule has 3 heterocycles. The van der Waals surface area contributed by atoms with E-state index in [0.29, 0.717) is 0 Å². The molecule has 2 atom stereocenters. The van der Waals surface area contributed by atoms with Crippen LogP contribution in [-0.2, 0) is 0 Å². The normalized spacial score (nSPS) is 28.9. The number of nitrogens with zero attached hydrogens (tertiary/aromatic N) is 2. The number of rotatable bonds is 1. The van der Waals surface area contributed by atoms with Crippen LogP contribution in [0.25, 0.3) is 0 Å². The Morgan fingerprint density at radius 1 is 1.18 bits per heavy atom. The SMILES string of the molecule is Brc1cncc(N2CC3CCC(CNC3)C2)c1. The van der Waals surface area contributed by atoms with Gasteiger partial charge in [-0.3, -0.25) is 4.98 Å². The largest absolute Gasteiger partial charge is 0.370 e. The molecular formula is C13H18BrN3. The highest BCUT2D eigenvalue weighted by Gasteiger charge is 2.27. The summed E-state index contributed by atoms with van der Waals surface area (Å²) >= 11 is 3.51. The minimum atomic E-state index is 0.793. The zero-order valence-corrected chi connectivity index (χ0v) is 11.5. The van der Waals surface area contributed by atoms with Crippen LogP contribution < -0.4 is 10.2 Å². The summed E-state index contributed by atoms with van der Waals surface area (Å²) < 4.78 is 1.07. The molecule has 0 amide bonds. The molecule has 0 spiro atoms. The first-order valence-electron chi connectivity index (χ1n) is 6.37. The van der Waals surface area contributed by atoms with Gasteiger partial charge in [0.1, 0.15) is 0 Å². The Morgan fingerprint density at radius 2 is 1.88 bits per heavy atom. The molecule has 0 aromatic carbocycles. The minimum Gasteiger partial charge on any atom is -0.370 e. The summed E-state index contributed by atoms with van der Waals surface area (Å²) in [6, 6.07) is 2.18. The van der Waals surface area contributed by atoms with E-state index >= 15 is 0 Å². The van der Waals surface area contributed by atoms with Crippen LogP contribution in [0.2, 0.25) is 0 Å². The van der Waals surface area contributed by atoms with E-state index in [4.69, 9.17) is 0 Å². The first-order chi connectivity index (χ1) is 8.31. The van der Waals surface area contributed by atoms with Crippen molar-refractivity contribution in [1.29, 1.82) is 0 Å². The van der Waals surface area contributed by atoms with Crippen molar-refractivity contribution >= 4 is 21.6 Å². The molecule has 4 heteroatoms. The van der Waals surface area contributed by atoms with E-state index in [1.807, 2.05) is 12.4 Å². The molecule has 17 heavy (non-hydrogen) atoms. The van der Waals surface area contributed by atoms with Crippen LogP contribution in [0, 0.1) is 11.8 Å². The van der Waals surface area contributed by atoms with Gasteiger partial charge in [-0.05, 0) is 59.8 Å². The lowest BCUT2D eigenvalue weighted by atomic mass is 10.0. The molecule has 2 fully saturated rings. The van der Waals surface area contributed by atoms with E-state index in [-0.39, 0.29) is 0 Å². The number of hydrogen-bond donors (Lipinski definition) is 1. The highest BCUT2D eigenvalue weighted by Crippen LogP contribution is 2.28. The third-order valence-corrected chi connectivity index (χ3v) is 4.30. The molecule has 1 N–H and O–H groups in total. The lowest BCUT2D eigenvalue weighted by Crippen LogP contribution is -2.40. The lowest BCUT2D eigenvalue weighted by molar-refractivity contribution is 0.459. The molecule has 0 aliphatic carbocycles. The van der Waals surface area contributed by atoms with E-state index in [1.54, 1.807) is 0 Å². The summed E-state index contributed by atoms with van der Waals surface area (Å²) in [5.41, 5.74) is 1.26. The number of hydrogen-bond acceptors (Lipinski definition) is 3. The predicted molar refractivity (Wildman–Crippen MR) is 73.2 cm³/mol. The highest BCUT2D eigenvalue weighted by molar-refractivity contribution is 9.10. The fourth-order valence-electron chi connectivity index (χ4n) is 2.96. The predicted octanol–water partition coefficient (Wildman–Crippen LogP) is 2.28. The van der Waals surface area contributed by atoms with E-state index in [0.717, 1.165) is 16.3 Å². The number of fused-ring (bicyclic) bond motifs is 3. The molecule has 3 rings (SSSR count). The second-order valence-electron chi connectivity index (χ2n) is 5.23. The van der Waals surface area contributed by atoms with Gasteiger partial charge in [0.2, 0.25) is 0 Å². The van der Waals surface area contributed by atoms with E-state index in [2.05, 4.69) is 37.2 Å². The zero-order valence-electron chi connectivity index (χ0n) is 9.90. The first-order valence-corrected chi connectivity index (χ1v) is 7.17. The maximum Gasteiger partial charge on any atom is 0.0564 e. The zero-order chi connectivity index (χ0) is 11.7. The quantitative estimate of drug-likeness (QED) is 0.862. The van der Waals surface area contributed by atoms with E-state index in [1.165, 1.54) is 44.7 Å². The number of aromatic nitrogens is 1. The van der Waals surface area contributed by atoms with Crippen LogP contribution in [0.5, 0.6) is 0 Å². The molecule has 2 unspecified atom stereocenters. The van der Waals surface area contributed by atoms with Crippen molar-refractivity contribution in [2.75, 3.05) is 31.1 Å². The van der Waals surface area contributed by atoms with E-state index < -0.39 is 0 Å². The molecule has 3 nitrogen and oxygen atoms in total. The average molecular weight is 296 g/mol. The molecule has 0 saturated carbocycles. The Bertz CT molecular complexity index is 382. The van der Waals surface area contributed by atoms with Gasteiger partial charge in [-0.1, -0.05) is 0 Å². The molecule has 2 saturated heterocycles. The summed E-state index contributed by atoms with van der Waals surface area (Å²) in [4.78, 5) is 6.79. The topological polar surface area (TPSA) is 28.2 Å². The second-order valence-corrected chi connectivity index (χ2v) is 6.15. The summed E-state index contributed by atoms with van der Waals surface area (Å²) in [5, 5.41) is 3.58. The van der Waals surface area contributed by atoms with Crippen molar-refractivity contribution in [3.05, 3.63) is 22.9 Å². The third-order valence-electron chi connectivity index (χ3n) is 3.86. The van der Waals surface area contributed by atoms with Crippen molar-refractivity contribution in [2.45, 2.75) is 12.8 Å². The van der Waals surface area contributed by atoms with Crippen LogP contribution in [-0.4, -0.2) is 31.2 Å². The van der Waals surface area contributed by atoms with Gasteiger partial charge >= 0.3 is 0 Å². The first kappa shape index (κ1) is 11.5. The van der Waals surface area contributed by atoms with Gasteiger partial charge in [0.05, 0.1) is 11.9 Å². The summed E-state index contributed by atoms with van der Waals surface area (Å²) in [6.45, 7) is 4.69. The molecule has 2 bridgehead atoms. The van der Waals surface area contributed by atoms with Gasteiger partial charge in [0.25, 0.3) is 0 Å². The van der Waals surface area contributed by atoms with Crippen LogP contribution in [0.15, 0.2) is 22.9 Å². The Balaban J connectivity index is 1.83. The molecule has 1 aromatic heterocycles. The monoisotopic (exact) mass is 295 g/mol. The van der Waals surface area contributed by atoms with Gasteiger partial charge < -0.3 is 10.2 Å². The number of anilines is 1. The van der Waals surface area contributed by atoms with Crippen molar-refractivity contribution in [3.8, 4) is 0 Å². The summed E-state index contributed by atoms with van der Waals surface area (Å²) in [6.07, 6.45) is 6.58. The highest BCUT2D eigenvalue weighted by atomic mass is 79.9. The average Bonchev–Trinajstić information content (AvgIpc) is 2.62. The molecule has 2 aliphatic heterocycles. The van der Waals surface area contributed by atoms with Gasteiger partial charge in [-0.2, -0.15) is 0 Å². The molecular weight excluding hydrogens is 278 g/mol. The van der Waals surface area contributed by atoms with Gasteiger partial charge in [-0.25, -0.2) is 0 Å². The van der Waals surface area contributed by atoms with Crippen LogP contribution in [0.1, 0.15) is 12.8 Å². The fourth-order valence-corrected chi connectivity index (χ4v) is 3.31. The lowest BCUT2D eigenvalue weighted by Gasteiger charge is -2.30. The standard InChI is InChI=1S/C13H18BrN3/c14-12-3-13(7-16-6-12)17-8-10-1-2-11(9-17)5-15-4-10/h3,6-7,10-11,15H,1-2,4-5,8-9H2. The molecule has 2 aliphatic rings. The third kappa shape index (κ3) is 2.63. The fraction of sp³-hybridized carbons (Fsp3) is 0.615. The summed E-state index contributed by atoms with van der Waals surface area (Å²) in [5.74, 6) is 1.59. The van der Waals surface area contributed by atoms with Gasteiger partial charge in [0.15, 0.2) is 0 Å². The van der Waals surface area contributed by atoms with Crippen LogP contribution in [0.4, 0.5) is 5.69 Å². The Kier molecular flexibility index (Phi) is 3.34. The molecule has 0 radical (unpaired) electrons. The Morgan fingerprint density at radius 3 is 2.53 bits per heavy atom. The van der Waals surface area contributed by atoms with E-state index in [9.17, 15) is 0 Å². The maximum atomic E-state index is 4.28.